The van der Waals surface area contributed by atoms with Gasteiger partial charge in [-0.1, -0.05) is 46.4 Å². The van der Waals surface area contributed by atoms with Gasteiger partial charge in [0.2, 0.25) is 11.9 Å². The Kier molecular flexibility index (Phi) is 7.36. The molecule has 5 rings (SSSR count). The number of nitriles is 1. The van der Waals surface area contributed by atoms with E-state index < -0.39 is 5.41 Å². The maximum atomic E-state index is 12.7. The summed E-state index contributed by atoms with van der Waals surface area (Å²) in [5.74, 6) is 0.00840. The number of amides is 2. The quantitative estimate of drug-likeness (QED) is 0.191. The molecule has 10 heteroatoms. The first-order valence-electron chi connectivity index (χ1n) is 12.2. The van der Waals surface area contributed by atoms with Crippen LogP contribution in [0.2, 0.25) is 5.02 Å². The molecule has 0 unspecified atom stereocenters. The number of carbonyl (C=O) groups is 2. The van der Waals surface area contributed by atoms with E-state index in [9.17, 15) is 14.9 Å². The van der Waals surface area contributed by atoms with Crippen LogP contribution in [0.15, 0.2) is 65.1 Å². The van der Waals surface area contributed by atoms with Crippen molar-refractivity contribution in [1.82, 2.24) is 15.3 Å². The van der Waals surface area contributed by atoms with Crippen LogP contribution >= 0.6 is 27.5 Å². The van der Waals surface area contributed by atoms with E-state index >= 15 is 0 Å². The van der Waals surface area contributed by atoms with Crippen molar-refractivity contribution in [2.75, 3.05) is 10.6 Å². The number of fused-ring (bicyclic) bond motifs is 1. The van der Waals surface area contributed by atoms with E-state index in [0.29, 0.717) is 51.8 Å². The largest absolute Gasteiger partial charge is 0.351 e. The van der Waals surface area contributed by atoms with Crippen molar-refractivity contribution in [2.24, 2.45) is 5.41 Å². The minimum atomic E-state index is -0.921. The second-order valence-corrected chi connectivity index (χ2v) is 10.6. The fourth-order valence-electron chi connectivity index (χ4n) is 4.57. The number of H-pyrrole nitrogens is 1. The lowest BCUT2D eigenvalue weighted by Crippen LogP contribution is -2.37. The average molecular weight is 592 g/mol. The summed E-state index contributed by atoms with van der Waals surface area (Å²) < 4.78 is 0.932. The zero-order valence-corrected chi connectivity index (χ0v) is 22.6. The number of anilines is 3. The molecule has 0 saturated heterocycles. The molecule has 8 nitrogen and oxygen atoms in total. The molecule has 38 heavy (non-hydrogen) atoms. The second kappa shape index (κ2) is 10.9. The Hall–Kier alpha value is -3.87. The summed E-state index contributed by atoms with van der Waals surface area (Å²) in [7, 11) is 0. The molecule has 0 atom stereocenters. The first kappa shape index (κ1) is 25.8. The van der Waals surface area contributed by atoms with Crippen molar-refractivity contribution in [3.63, 3.8) is 0 Å². The van der Waals surface area contributed by atoms with E-state index in [-0.39, 0.29) is 18.4 Å². The molecule has 0 radical (unpaired) electrons. The van der Waals surface area contributed by atoms with Crippen LogP contribution in [0, 0.1) is 16.7 Å². The number of nitrogens with one attached hydrogen (secondary N) is 4. The molecule has 1 saturated carbocycles. The summed E-state index contributed by atoms with van der Waals surface area (Å²) in [6.45, 7) is 0.283. The Balaban J connectivity index is 1.28. The maximum absolute atomic E-state index is 12.7. The SMILES string of the molecule is N#CC1(C(=O)NCc2ccc(Cl)c(Nc3nc4ccc(C(=O)Nc5ccc(Br)cc5)cc4[nH]3)c2)CCCC1. The lowest BCUT2D eigenvalue weighted by Gasteiger charge is -2.19. The Morgan fingerprint density at radius 1 is 1.08 bits per heavy atom. The number of nitrogens with zero attached hydrogens (tertiary/aromatic N) is 2. The number of halogens is 2. The van der Waals surface area contributed by atoms with Crippen molar-refractivity contribution >= 4 is 67.7 Å². The summed E-state index contributed by atoms with van der Waals surface area (Å²) in [4.78, 5) is 33.1. The van der Waals surface area contributed by atoms with Crippen LogP contribution in [0.1, 0.15) is 41.6 Å². The number of imidazole rings is 1. The fraction of sp³-hybridized carbons (Fsp3) is 0.214. The lowest BCUT2D eigenvalue weighted by molar-refractivity contribution is -0.128. The van der Waals surface area contributed by atoms with Crippen LogP contribution in [0.5, 0.6) is 0 Å². The van der Waals surface area contributed by atoms with Crippen LogP contribution < -0.4 is 16.0 Å². The molecular weight excluding hydrogens is 568 g/mol. The molecule has 0 spiro atoms. The number of rotatable bonds is 7. The predicted molar refractivity (Wildman–Crippen MR) is 151 cm³/mol. The maximum Gasteiger partial charge on any atom is 0.255 e. The minimum absolute atomic E-state index is 0.223. The van der Waals surface area contributed by atoms with Gasteiger partial charge in [-0.2, -0.15) is 5.26 Å². The molecule has 0 bridgehead atoms. The normalized spacial score (nSPS) is 14.1. The van der Waals surface area contributed by atoms with Crippen LogP contribution in [0.25, 0.3) is 11.0 Å². The monoisotopic (exact) mass is 590 g/mol. The molecule has 0 aliphatic heterocycles. The van der Waals surface area contributed by atoms with Gasteiger partial charge in [0.1, 0.15) is 5.41 Å². The second-order valence-electron chi connectivity index (χ2n) is 9.30. The third kappa shape index (κ3) is 5.52. The lowest BCUT2D eigenvalue weighted by atomic mass is 9.87. The number of aromatic nitrogens is 2. The molecule has 1 heterocycles. The average Bonchev–Trinajstić information content (AvgIpc) is 3.57. The first-order valence-corrected chi connectivity index (χ1v) is 13.3. The van der Waals surface area contributed by atoms with Crippen LogP contribution in [0.4, 0.5) is 17.3 Å². The number of hydrogen-bond acceptors (Lipinski definition) is 5. The summed E-state index contributed by atoms with van der Waals surface area (Å²) in [5, 5.41) is 19.0. The highest BCUT2D eigenvalue weighted by Gasteiger charge is 2.41. The Bertz CT molecular complexity index is 1550. The van der Waals surface area contributed by atoms with Gasteiger partial charge in [0.05, 0.1) is 27.8 Å². The van der Waals surface area contributed by atoms with Gasteiger partial charge in [-0.25, -0.2) is 4.98 Å². The zero-order valence-electron chi connectivity index (χ0n) is 20.3. The summed E-state index contributed by atoms with van der Waals surface area (Å²) in [6, 6.07) is 20.2. The van der Waals surface area contributed by atoms with Crippen LogP contribution in [-0.4, -0.2) is 21.8 Å². The summed E-state index contributed by atoms with van der Waals surface area (Å²) in [6.07, 6.45) is 2.99. The van der Waals surface area contributed by atoms with E-state index in [1.807, 2.05) is 36.4 Å². The summed E-state index contributed by atoms with van der Waals surface area (Å²) in [5.41, 5.74) is 3.08. The van der Waals surface area contributed by atoms with Gasteiger partial charge in [0, 0.05) is 22.3 Å². The molecule has 192 valence electrons. The molecule has 1 fully saturated rings. The predicted octanol–water partition coefficient (Wildman–Crippen LogP) is 6.67. The van der Waals surface area contributed by atoms with E-state index in [1.165, 1.54) is 0 Å². The molecule has 1 aliphatic carbocycles. The van der Waals surface area contributed by atoms with E-state index in [4.69, 9.17) is 11.6 Å². The first-order chi connectivity index (χ1) is 18.3. The number of aromatic amines is 1. The highest BCUT2D eigenvalue weighted by atomic mass is 79.9. The van der Waals surface area contributed by atoms with Gasteiger partial charge in [0.25, 0.3) is 5.91 Å². The topological polar surface area (TPSA) is 123 Å². The highest BCUT2D eigenvalue weighted by molar-refractivity contribution is 9.10. The fourth-order valence-corrected chi connectivity index (χ4v) is 5.00. The third-order valence-corrected chi connectivity index (χ3v) is 7.55. The highest BCUT2D eigenvalue weighted by Crippen LogP contribution is 2.37. The van der Waals surface area contributed by atoms with E-state index in [2.05, 4.69) is 47.9 Å². The van der Waals surface area contributed by atoms with Gasteiger partial charge in [0.15, 0.2) is 0 Å². The van der Waals surface area contributed by atoms with Crippen molar-refractivity contribution < 1.29 is 9.59 Å². The van der Waals surface area contributed by atoms with Crippen LogP contribution in [0.3, 0.4) is 0 Å². The van der Waals surface area contributed by atoms with Gasteiger partial charge in [-0.3, -0.25) is 9.59 Å². The molecule has 1 aromatic heterocycles. The standard InChI is InChI=1S/C28H24BrClN6O2/c29-19-5-7-20(8-6-19)33-25(37)18-4-10-22-24(14-18)36-27(34-22)35-23-13-17(3-9-21(23)30)15-32-26(38)28(16-31)11-1-2-12-28/h3-10,13-14H,1-2,11-12,15H2,(H,32,38)(H,33,37)(H2,34,35,36). The smallest absolute Gasteiger partial charge is 0.255 e. The summed E-state index contributed by atoms with van der Waals surface area (Å²) >= 11 is 9.80. The van der Waals surface area contributed by atoms with Gasteiger partial charge < -0.3 is 20.9 Å². The minimum Gasteiger partial charge on any atom is -0.351 e. The molecular formula is C28H24BrClN6O2. The molecule has 2 amide bonds. The van der Waals surface area contributed by atoms with Crippen LogP contribution in [-0.2, 0) is 11.3 Å². The third-order valence-electron chi connectivity index (χ3n) is 6.69. The number of benzene rings is 3. The van der Waals surface area contributed by atoms with E-state index in [1.54, 1.807) is 24.3 Å². The zero-order chi connectivity index (χ0) is 26.7. The Morgan fingerprint density at radius 2 is 1.84 bits per heavy atom. The number of hydrogen-bond donors (Lipinski definition) is 4. The molecule has 4 aromatic rings. The van der Waals surface area contributed by atoms with Gasteiger partial charge >= 0.3 is 0 Å². The van der Waals surface area contributed by atoms with Crippen molar-refractivity contribution in [2.45, 2.75) is 32.2 Å². The molecule has 4 N–H and O–H groups in total. The Labute approximate surface area is 232 Å². The molecule has 1 aliphatic rings. The van der Waals surface area contributed by atoms with Crippen molar-refractivity contribution in [3.8, 4) is 6.07 Å². The van der Waals surface area contributed by atoms with Gasteiger partial charge in [-0.15, -0.1) is 0 Å². The number of carbonyl (C=O) groups excluding carboxylic acids is 2. The van der Waals surface area contributed by atoms with Gasteiger partial charge in [-0.05, 0) is 73.0 Å². The van der Waals surface area contributed by atoms with Crippen molar-refractivity contribution in [3.05, 3.63) is 81.3 Å². The molecule has 3 aromatic carbocycles. The Morgan fingerprint density at radius 3 is 2.58 bits per heavy atom. The van der Waals surface area contributed by atoms with E-state index in [0.717, 1.165) is 22.9 Å². The van der Waals surface area contributed by atoms with Crippen molar-refractivity contribution in [1.29, 1.82) is 5.26 Å².